The van der Waals surface area contributed by atoms with Gasteiger partial charge in [-0.05, 0) is 103 Å². The van der Waals surface area contributed by atoms with Gasteiger partial charge in [0.2, 0.25) is 6.29 Å². The van der Waals surface area contributed by atoms with Gasteiger partial charge >= 0.3 is 18.5 Å². The van der Waals surface area contributed by atoms with E-state index in [1.165, 1.54) is 12.3 Å². The van der Waals surface area contributed by atoms with Gasteiger partial charge in [0.05, 0.1) is 61.2 Å². The highest BCUT2D eigenvalue weighted by atomic mass is 16.7. The molecule has 32 heteroatoms. The highest BCUT2D eigenvalue weighted by Gasteiger charge is 2.50. The number of hydrogen-bond donors (Lipinski definition) is 14. The average Bonchev–Trinajstić information content (AvgIpc) is 3.36. The Kier molecular flexibility index (Phi) is 43.3. The van der Waals surface area contributed by atoms with Gasteiger partial charge in [0.1, 0.15) is 97.7 Å². The highest BCUT2D eigenvalue weighted by Crippen LogP contribution is 2.31. The van der Waals surface area contributed by atoms with E-state index in [4.69, 9.17) is 86.0 Å². The van der Waals surface area contributed by atoms with Gasteiger partial charge in [0.25, 0.3) is 0 Å². The first-order valence-corrected chi connectivity index (χ1v) is 25.9. The van der Waals surface area contributed by atoms with E-state index >= 15 is 0 Å². The fourth-order valence-corrected chi connectivity index (χ4v) is 7.02. The van der Waals surface area contributed by atoms with E-state index in [9.17, 15) is 66.4 Å². The van der Waals surface area contributed by atoms with E-state index in [0.717, 1.165) is 0 Å². The Morgan fingerprint density at radius 3 is 1.27 bits per heavy atom. The zero-order chi connectivity index (χ0) is 64.8. The predicted octanol–water partition coefficient (Wildman–Crippen LogP) is -4.82. The maximum Gasteiger partial charge on any atom is 0.373 e. The Morgan fingerprint density at radius 2 is 0.855 bits per heavy atom. The Labute approximate surface area is 482 Å². The summed E-state index contributed by atoms with van der Waals surface area (Å²) >= 11 is 0. The van der Waals surface area contributed by atoms with Crippen molar-refractivity contribution in [3.05, 3.63) is 12.3 Å². The third kappa shape index (κ3) is 34.0. The van der Waals surface area contributed by atoms with Crippen molar-refractivity contribution in [1.29, 1.82) is 0 Å². The summed E-state index contributed by atoms with van der Waals surface area (Å²) in [5.41, 5.74) is -2.06. The summed E-state index contributed by atoms with van der Waals surface area (Å²) in [6.45, 7) is 28.2. The van der Waals surface area contributed by atoms with Crippen LogP contribution in [0.4, 0.5) is 0 Å². The van der Waals surface area contributed by atoms with Crippen LogP contribution in [-0.4, -0.2) is 279 Å². The van der Waals surface area contributed by atoms with Gasteiger partial charge in [-0.1, -0.05) is 13.8 Å². The molecule has 21 unspecified atom stereocenters. The molecule has 16 N–H and O–H groups in total. The minimum absolute atomic E-state index is 0. The zero-order valence-electron chi connectivity index (χ0n) is 49.9. The Hall–Kier alpha value is -3.32. The van der Waals surface area contributed by atoms with Crippen LogP contribution in [0, 0.1) is 0 Å². The van der Waals surface area contributed by atoms with Crippen LogP contribution >= 0.6 is 0 Å². The second kappa shape index (κ2) is 41.7. The number of carbonyl (C=O) groups excluding carboxylic acids is 6. The maximum absolute atomic E-state index is 10.5. The van der Waals surface area contributed by atoms with Crippen LogP contribution in [0.5, 0.6) is 0 Å². The lowest BCUT2D eigenvalue weighted by molar-refractivity contribution is -0.352. The van der Waals surface area contributed by atoms with E-state index in [2.05, 4.69) is 0 Å². The number of rotatable bonds is 10. The number of aliphatic hydroxyl groups excluding tert-OH is 14. The molecule has 0 spiro atoms. The summed E-state index contributed by atoms with van der Waals surface area (Å²) in [5, 5.41) is 135. The van der Waals surface area contributed by atoms with Crippen molar-refractivity contribution in [3.8, 4) is 0 Å². The molecule has 21 atom stereocenters. The van der Waals surface area contributed by atoms with Gasteiger partial charge in [-0.3, -0.25) is 0 Å². The summed E-state index contributed by atoms with van der Waals surface area (Å²) in [4.78, 5) is 48.8. The third-order valence-corrected chi connectivity index (χ3v) is 10.3. The van der Waals surface area contributed by atoms with Crippen LogP contribution in [-0.2, 0) is 80.9 Å². The lowest BCUT2D eigenvalue weighted by Crippen LogP contribution is -2.63. The largest absolute Gasteiger partial charge is 0.470 e. The summed E-state index contributed by atoms with van der Waals surface area (Å²) in [7, 11) is 0. The molecule has 5 heterocycles. The van der Waals surface area contributed by atoms with E-state index in [-0.39, 0.29) is 43.2 Å². The van der Waals surface area contributed by atoms with Gasteiger partial charge < -0.3 is 129 Å². The van der Waals surface area contributed by atoms with Crippen LogP contribution in [0.2, 0.25) is 0 Å². The van der Waals surface area contributed by atoms with E-state index < -0.39 is 165 Å². The highest BCUT2D eigenvalue weighted by molar-refractivity contribution is 5.20. The fourth-order valence-electron chi connectivity index (χ4n) is 7.02. The molecule has 5 rings (SSSR count). The monoisotopic (exact) mass is 1220 g/mol. The summed E-state index contributed by atoms with van der Waals surface area (Å²) in [6.07, 6.45) is -20.7. The molecule has 0 aromatic heterocycles. The molecular formula is C51H96O32. The third-order valence-electron chi connectivity index (χ3n) is 10.3. The van der Waals surface area contributed by atoms with Crippen molar-refractivity contribution in [1.82, 2.24) is 0 Å². The quantitative estimate of drug-likeness (QED) is 0.0976. The SMILES string of the molecule is CC.CC(C)(C)OC1C(CO)OC(O)C(O)C1O.CC(C)(C)OC1OC=CC(O)C1O.CC(C)(C)OC1OCC(O)C(O)C1O.CC(C)OC1OCC(OC2OC(CO)C(OC(C)(C)C)C(O)C2O)C(O)C1O.O.O=C=O.O=C=O.O=C=O. The normalized spacial score (nSPS) is 34.8. The van der Waals surface area contributed by atoms with E-state index in [1.54, 1.807) is 55.4 Å². The molecule has 0 radical (unpaired) electrons. The van der Waals surface area contributed by atoms with E-state index in [1.807, 2.05) is 55.4 Å². The standard InChI is InChI=1S/C18H34O10.C10H20O6.C9H18O5.C9H16O4.C2H6.3CO2.H2O/c1-8(2)25-16-13(22)11(20)10(7-24-16)27-17-14(23)12(21)15(9(6-19)26-17)28-18(3,4)5;1-10(2,3)16-8-5(4-11)15-9(14)7(13)6(8)12;1-9(2,3)14-8-7(12)6(11)5(10)4-13-8;1-9(2,3)13-8-7(11)6(10)4-5-12-8;1-2;3*2-1-3;/h8-17,19-23H,6-7H2,1-5H3;5-9,11-14H,4H2,1-3H3;5-8,10-12H,4H2,1-3H3;4-8,10-11H,1-3H3;1-2H3;;;;1H2. The van der Waals surface area contributed by atoms with Crippen molar-refractivity contribution in [2.75, 3.05) is 26.4 Å². The minimum atomic E-state index is -1.51. The topological polar surface area (TPSA) is 519 Å². The molecule has 0 aromatic carbocycles. The van der Waals surface area contributed by atoms with Crippen molar-refractivity contribution in [3.63, 3.8) is 0 Å². The van der Waals surface area contributed by atoms with Crippen molar-refractivity contribution < 1.29 is 158 Å². The Morgan fingerprint density at radius 1 is 0.482 bits per heavy atom. The molecule has 5 aliphatic heterocycles. The fraction of sp³-hybridized carbons (Fsp3) is 0.902. The van der Waals surface area contributed by atoms with E-state index in [0.29, 0.717) is 0 Å². The van der Waals surface area contributed by atoms with Crippen molar-refractivity contribution >= 4 is 18.5 Å². The summed E-state index contributed by atoms with van der Waals surface area (Å²) in [5.74, 6) is 0. The number of aliphatic hydroxyl groups is 14. The lowest BCUT2D eigenvalue weighted by Gasteiger charge is -2.46. The van der Waals surface area contributed by atoms with Crippen LogP contribution < -0.4 is 0 Å². The molecular weight excluding hydrogens is 1120 g/mol. The van der Waals surface area contributed by atoms with Crippen molar-refractivity contribution in [2.45, 2.75) is 268 Å². The lowest BCUT2D eigenvalue weighted by atomic mass is 9.97. The molecule has 0 aliphatic carbocycles. The van der Waals surface area contributed by atoms with Crippen LogP contribution in [0.3, 0.4) is 0 Å². The van der Waals surface area contributed by atoms with Gasteiger partial charge in [-0.2, -0.15) is 28.8 Å². The Balaban J connectivity index is -0.000000491. The summed E-state index contributed by atoms with van der Waals surface area (Å²) in [6, 6.07) is 0. The van der Waals surface area contributed by atoms with Crippen molar-refractivity contribution in [2.24, 2.45) is 0 Å². The average molecular weight is 1220 g/mol. The minimum Gasteiger partial charge on any atom is -0.470 e. The van der Waals surface area contributed by atoms with Crippen LogP contribution in [0.15, 0.2) is 12.3 Å². The van der Waals surface area contributed by atoms with Crippen LogP contribution in [0.1, 0.15) is 111 Å². The van der Waals surface area contributed by atoms with Gasteiger partial charge in [-0.15, -0.1) is 0 Å². The van der Waals surface area contributed by atoms with Gasteiger partial charge in [0.15, 0.2) is 25.2 Å². The molecule has 5 aliphatic rings. The van der Waals surface area contributed by atoms with Crippen LogP contribution in [0.25, 0.3) is 0 Å². The number of ether oxygens (including phenoxy) is 11. The first-order chi connectivity index (χ1) is 37.7. The molecule has 4 saturated heterocycles. The Bertz CT molecular complexity index is 1770. The summed E-state index contributed by atoms with van der Waals surface area (Å²) < 4.78 is 58.9. The molecule has 492 valence electrons. The first-order valence-electron chi connectivity index (χ1n) is 25.9. The molecule has 0 saturated carbocycles. The maximum atomic E-state index is 10.5. The second-order valence-electron chi connectivity index (χ2n) is 22.1. The molecule has 0 aromatic rings. The molecule has 32 nitrogen and oxygen atoms in total. The van der Waals surface area contributed by atoms with Gasteiger partial charge in [0, 0.05) is 0 Å². The van der Waals surface area contributed by atoms with Gasteiger partial charge in [-0.25, -0.2) is 0 Å². The smallest absolute Gasteiger partial charge is 0.373 e. The second-order valence-corrected chi connectivity index (χ2v) is 22.1. The first kappa shape index (κ1) is 86.1. The molecule has 0 bridgehead atoms. The molecule has 4 fully saturated rings. The predicted molar refractivity (Wildman–Crippen MR) is 275 cm³/mol. The number of hydrogen-bond acceptors (Lipinski definition) is 31. The zero-order valence-corrected chi connectivity index (χ0v) is 49.9. The molecule has 0 amide bonds. The molecule has 83 heavy (non-hydrogen) atoms.